The Morgan fingerprint density at radius 1 is 0.704 bits per heavy atom. The van der Waals surface area contributed by atoms with Crippen LogP contribution < -0.4 is 36.5 Å². The van der Waals surface area contributed by atoms with Crippen LogP contribution in [-0.4, -0.2) is 93.1 Å². The van der Waals surface area contributed by atoms with Crippen LogP contribution in [0.4, 0.5) is 10.5 Å². The zero-order valence-electron chi connectivity index (χ0n) is 42.6. The van der Waals surface area contributed by atoms with Gasteiger partial charge >= 0.3 is 6.03 Å². The summed E-state index contributed by atoms with van der Waals surface area (Å²) in [4.78, 5) is 55.8. The number of rotatable bonds is 31. The molecule has 0 saturated carbocycles. The normalized spacial score (nSPS) is 12.8. The lowest BCUT2D eigenvalue weighted by molar-refractivity contribution is -0.132. The number of carbonyl (C=O) groups excluding carboxylic acids is 4. The number of carbonyl (C=O) groups is 4. The van der Waals surface area contributed by atoms with Crippen molar-refractivity contribution < 1.29 is 42.4 Å². The molecule has 0 aliphatic heterocycles. The molecule has 4 rings (SSSR count). The zero-order valence-corrected chi connectivity index (χ0v) is 43.5. The number of hydrogen-bond donors (Lipinski definition) is 5. The smallest absolute Gasteiger partial charge is 0.312 e. The number of urea groups is 1. The molecule has 6 N–H and O–H groups in total. The van der Waals surface area contributed by atoms with Gasteiger partial charge in [-0.25, -0.2) is 16.0 Å². The quantitative estimate of drug-likeness (QED) is 0.0140. The number of ether oxygens (including phenoxy) is 3. The minimum atomic E-state index is -1.34. The van der Waals surface area contributed by atoms with Crippen LogP contribution in [0.2, 0.25) is 0 Å². The molecule has 0 bridgehead atoms. The standard InChI is InChI=1S/C54H74N7O9P/c1-38(2)50(60-49(62)20-14-11-15-35-69-71(70-36-34-56-7)61(39(3)4)40(5)6)52(64)59-48(19-16-33-57-53(55)65)51(63)58-45-27-21-41(22-28-45)37-68-54(42-17-12-10-13-18-42,43-23-29-46(66-8)30-24-43)44-25-31-47(67-9)32-26-44/h10,12-13,17-18,21-32,38-40,48,50H,11,14-16,19-20,33-37H2,1-6,8-9H3,(H,58,63)(H,59,64)(H,60,62)(H3,55,57,65)/t48-,50-,71?/m0/s1. The topological polar surface area (TPSA) is 196 Å². The van der Waals surface area contributed by atoms with Gasteiger partial charge in [-0.15, -0.1) is 0 Å². The summed E-state index contributed by atoms with van der Waals surface area (Å²) in [6.45, 7) is 20.5. The van der Waals surface area contributed by atoms with Crippen LogP contribution in [0.15, 0.2) is 103 Å². The van der Waals surface area contributed by atoms with E-state index in [4.69, 9.17) is 35.6 Å². The average molecular weight is 996 g/mol. The largest absolute Gasteiger partial charge is 0.497 e. The first-order chi connectivity index (χ1) is 34.1. The molecule has 0 spiro atoms. The molecule has 0 saturated heterocycles. The van der Waals surface area contributed by atoms with E-state index in [1.54, 1.807) is 26.4 Å². The molecule has 1 unspecified atom stereocenters. The fraction of sp³-hybridized carbons (Fsp3) is 0.463. The maximum absolute atomic E-state index is 13.9. The van der Waals surface area contributed by atoms with Crippen molar-refractivity contribution in [2.24, 2.45) is 11.7 Å². The van der Waals surface area contributed by atoms with Gasteiger partial charge in [0.15, 0.2) is 0 Å². The molecule has 4 aromatic carbocycles. The molecule has 0 heterocycles. The molecule has 4 aromatic rings. The van der Waals surface area contributed by atoms with Gasteiger partial charge in [-0.05, 0) is 118 Å². The fourth-order valence-electron chi connectivity index (χ4n) is 8.02. The fourth-order valence-corrected chi connectivity index (χ4v) is 9.64. The molecule has 3 atom stereocenters. The van der Waals surface area contributed by atoms with E-state index in [0.29, 0.717) is 49.7 Å². The third kappa shape index (κ3) is 17.9. The van der Waals surface area contributed by atoms with Crippen LogP contribution >= 0.6 is 8.53 Å². The lowest BCUT2D eigenvalue weighted by Crippen LogP contribution is -2.54. The van der Waals surface area contributed by atoms with E-state index in [0.717, 1.165) is 28.7 Å². The van der Waals surface area contributed by atoms with Crippen molar-refractivity contribution >= 4 is 38.0 Å². The van der Waals surface area contributed by atoms with E-state index in [1.807, 2.05) is 105 Å². The summed E-state index contributed by atoms with van der Waals surface area (Å²) in [5.74, 6) is -0.105. The Morgan fingerprint density at radius 2 is 1.28 bits per heavy atom. The van der Waals surface area contributed by atoms with Crippen molar-refractivity contribution in [2.75, 3.05) is 45.8 Å². The van der Waals surface area contributed by atoms with Gasteiger partial charge in [0.05, 0.1) is 27.4 Å². The highest BCUT2D eigenvalue weighted by molar-refractivity contribution is 7.44. The summed E-state index contributed by atoms with van der Waals surface area (Å²) in [6.07, 6.45) is 2.74. The second-order valence-corrected chi connectivity index (χ2v) is 19.4. The van der Waals surface area contributed by atoms with E-state index in [9.17, 15) is 19.2 Å². The van der Waals surface area contributed by atoms with E-state index in [2.05, 4.69) is 58.5 Å². The molecule has 0 aliphatic carbocycles. The summed E-state index contributed by atoms with van der Waals surface area (Å²) < 4.78 is 32.3. The van der Waals surface area contributed by atoms with Crippen LogP contribution in [-0.2, 0) is 40.4 Å². The SMILES string of the molecule is [C-]#[N+]CCOP(OCCCCCC(=O)N[C@H](C(=O)N[C@@H](CCCNC(N)=O)C(=O)Nc1ccc(COC(c2ccccc2)(c2ccc(OC)cc2)c2ccc(OC)cc2)cc1)C(C)C)N(C(C)C)C(C)C. The van der Waals surface area contributed by atoms with Gasteiger partial charge in [-0.2, -0.15) is 0 Å². The maximum Gasteiger partial charge on any atom is 0.312 e. The molecule has 16 nitrogen and oxygen atoms in total. The van der Waals surface area contributed by atoms with Gasteiger partial charge in [0, 0.05) is 30.7 Å². The first-order valence-corrected chi connectivity index (χ1v) is 25.4. The molecule has 5 amide bonds. The van der Waals surface area contributed by atoms with Crippen LogP contribution in [0.25, 0.3) is 4.85 Å². The van der Waals surface area contributed by atoms with Crippen molar-refractivity contribution in [1.29, 1.82) is 0 Å². The molecule has 0 aromatic heterocycles. The molecule has 0 fully saturated rings. The highest BCUT2D eigenvalue weighted by Gasteiger charge is 2.38. The second kappa shape index (κ2) is 29.9. The number of benzene rings is 4. The number of anilines is 1. The summed E-state index contributed by atoms with van der Waals surface area (Å²) in [5.41, 5.74) is 8.28. The number of amides is 5. The molecular weight excluding hydrogens is 922 g/mol. The first-order valence-electron chi connectivity index (χ1n) is 24.3. The number of hydrogen-bond acceptors (Lipinski definition) is 10. The number of nitrogens with zero attached hydrogens (tertiary/aromatic N) is 2. The number of nitrogens with one attached hydrogen (secondary N) is 4. The third-order valence-corrected chi connectivity index (χ3v) is 13.7. The molecule has 71 heavy (non-hydrogen) atoms. The van der Waals surface area contributed by atoms with Crippen molar-refractivity contribution in [3.05, 3.63) is 137 Å². The molecule has 0 aliphatic rings. The average Bonchev–Trinajstić information content (AvgIpc) is 3.36. The van der Waals surface area contributed by atoms with Gasteiger partial charge in [-0.3, -0.25) is 14.4 Å². The lowest BCUT2D eigenvalue weighted by atomic mass is 9.80. The molecular formula is C54H74N7O9P. The van der Waals surface area contributed by atoms with Gasteiger partial charge in [0.25, 0.3) is 8.53 Å². The number of methoxy groups -OCH3 is 2. The van der Waals surface area contributed by atoms with Crippen LogP contribution in [0.1, 0.15) is 102 Å². The van der Waals surface area contributed by atoms with Gasteiger partial charge in [-0.1, -0.05) is 87.0 Å². The van der Waals surface area contributed by atoms with Gasteiger partial charge in [0.1, 0.15) is 35.8 Å². The van der Waals surface area contributed by atoms with Crippen LogP contribution in [0.3, 0.4) is 0 Å². The zero-order chi connectivity index (χ0) is 51.8. The predicted octanol–water partition coefficient (Wildman–Crippen LogP) is 9.08. The highest BCUT2D eigenvalue weighted by Crippen LogP contribution is 2.46. The second-order valence-electron chi connectivity index (χ2n) is 17.9. The van der Waals surface area contributed by atoms with E-state index < -0.39 is 44.1 Å². The third-order valence-electron chi connectivity index (χ3n) is 11.6. The Bertz CT molecular complexity index is 2220. The van der Waals surface area contributed by atoms with E-state index >= 15 is 0 Å². The number of primary amides is 1. The van der Waals surface area contributed by atoms with Crippen molar-refractivity contribution in [1.82, 2.24) is 20.6 Å². The Balaban J connectivity index is 1.42. The number of nitrogens with two attached hydrogens (primary N) is 1. The summed E-state index contributed by atoms with van der Waals surface area (Å²) in [6, 6.07) is 30.7. The minimum absolute atomic E-state index is 0.182. The Kier molecular flexibility index (Phi) is 24.3. The van der Waals surface area contributed by atoms with Crippen molar-refractivity contribution in [3.8, 4) is 11.5 Å². The Labute approximate surface area is 421 Å². The van der Waals surface area contributed by atoms with Gasteiger partial charge < -0.3 is 55.1 Å². The van der Waals surface area contributed by atoms with Crippen LogP contribution in [0, 0.1) is 12.5 Å². The van der Waals surface area contributed by atoms with Gasteiger partial charge in [0.2, 0.25) is 24.3 Å². The van der Waals surface area contributed by atoms with Crippen molar-refractivity contribution in [2.45, 2.75) is 116 Å². The highest BCUT2D eigenvalue weighted by atomic mass is 31.2. The van der Waals surface area contributed by atoms with E-state index in [-0.39, 0.29) is 56.4 Å². The molecule has 0 radical (unpaired) electrons. The summed E-state index contributed by atoms with van der Waals surface area (Å²) in [7, 11) is 1.92. The summed E-state index contributed by atoms with van der Waals surface area (Å²) in [5, 5.41) is 11.2. The lowest BCUT2D eigenvalue weighted by Gasteiger charge is -2.36. The Hall–Kier alpha value is -6.08. The van der Waals surface area contributed by atoms with Crippen LogP contribution in [0.5, 0.6) is 11.5 Å². The predicted molar refractivity (Wildman–Crippen MR) is 279 cm³/mol. The number of unbranched alkanes of at least 4 members (excludes halogenated alkanes) is 2. The molecule has 17 heteroatoms. The molecule has 384 valence electrons. The Morgan fingerprint density at radius 3 is 1.82 bits per heavy atom. The first kappa shape index (κ1) is 57.5. The van der Waals surface area contributed by atoms with E-state index in [1.165, 1.54) is 0 Å². The van der Waals surface area contributed by atoms with Crippen molar-refractivity contribution in [3.63, 3.8) is 0 Å². The maximum atomic E-state index is 13.9. The minimum Gasteiger partial charge on any atom is -0.497 e. The summed E-state index contributed by atoms with van der Waals surface area (Å²) >= 11 is 0. The monoisotopic (exact) mass is 996 g/mol.